The lowest BCUT2D eigenvalue weighted by Gasteiger charge is -2.45. The number of hydrogen-bond acceptors (Lipinski definition) is 7. The first-order valence-electron chi connectivity index (χ1n) is 13.5. The fourth-order valence-corrected chi connectivity index (χ4v) is 5.91. The number of nitrogens with one attached hydrogen (secondary N) is 2. The van der Waals surface area contributed by atoms with Crippen LogP contribution in [0.5, 0.6) is 5.75 Å². The van der Waals surface area contributed by atoms with E-state index in [-0.39, 0.29) is 18.0 Å². The van der Waals surface area contributed by atoms with Crippen molar-refractivity contribution in [2.75, 3.05) is 49.4 Å². The quantitative estimate of drug-likeness (QED) is 0.588. The van der Waals surface area contributed by atoms with Crippen LogP contribution in [0, 0.1) is 0 Å². The summed E-state index contributed by atoms with van der Waals surface area (Å²) in [6.07, 6.45) is 6.85. The largest absolute Gasteiger partial charge is 0.495 e. The number of pyridine rings is 1. The number of ether oxygens (including phenoxy) is 1. The number of nitrogens with zero attached hydrogens (tertiary/aromatic N) is 4. The average Bonchev–Trinajstić information content (AvgIpc) is 3.43. The number of likely N-dealkylation sites (tertiary alicyclic amines) is 1. The van der Waals surface area contributed by atoms with Crippen LogP contribution in [0.25, 0.3) is 0 Å². The number of amides is 1. The van der Waals surface area contributed by atoms with Gasteiger partial charge in [-0.2, -0.15) is 0 Å². The lowest BCUT2D eigenvalue weighted by atomic mass is 10.0. The van der Waals surface area contributed by atoms with Crippen molar-refractivity contribution in [1.82, 2.24) is 15.2 Å². The highest BCUT2D eigenvalue weighted by atomic mass is 16.5. The van der Waals surface area contributed by atoms with Gasteiger partial charge in [-0.05, 0) is 83.1 Å². The lowest BCUT2D eigenvalue weighted by Crippen LogP contribution is -2.49. The van der Waals surface area contributed by atoms with Crippen LogP contribution in [-0.4, -0.2) is 68.2 Å². The first kappa shape index (κ1) is 25.4. The molecule has 3 heterocycles. The number of benzene rings is 1. The van der Waals surface area contributed by atoms with Gasteiger partial charge in [0.05, 0.1) is 24.5 Å². The van der Waals surface area contributed by atoms with Gasteiger partial charge in [-0.25, -0.2) is 4.98 Å². The fourth-order valence-electron chi connectivity index (χ4n) is 5.91. The first-order chi connectivity index (χ1) is 17.9. The maximum absolute atomic E-state index is 12.9. The molecule has 1 aliphatic carbocycles. The summed E-state index contributed by atoms with van der Waals surface area (Å²) in [6, 6.07) is 10.5. The minimum atomic E-state index is -0.0595. The van der Waals surface area contributed by atoms with E-state index in [4.69, 9.17) is 9.72 Å². The second-order valence-electron chi connectivity index (χ2n) is 10.7. The normalized spacial score (nSPS) is 21.2. The molecule has 3 aliphatic rings. The lowest BCUT2D eigenvalue weighted by molar-refractivity contribution is 0.0916. The second kappa shape index (κ2) is 10.6. The summed E-state index contributed by atoms with van der Waals surface area (Å²) in [6.45, 7) is 8.60. The number of rotatable bonds is 6. The van der Waals surface area contributed by atoms with Crippen LogP contribution >= 0.6 is 0 Å². The van der Waals surface area contributed by atoms with Gasteiger partial charge in [-0.1, -0.05) is 19.4 Å². The van der Waals surface area contributed by atoms with E-state index in [1.807, 2.05) is 18.2 Å². The zero-order valence-electron chi connectivity index (χ0n) is 22.6. The van der Waals surface area contributed by atoms with Crippen LogP contribution in [0.3, 0.4) is 0 Å². The standard InChI is InChI=1S/C29H40N6O2/c1-19-20(2)35(23-8-6-7-9-23)28-25(34(19)4)12-13-27(32-28)31-24-11-10-21(18-26(24)37-5)29(36)30-22-14-16-33(3)17-15-22/h10-13,18,20,22-23H,1,6-9,14-17H2,2-5H3,(H,30,36)(H,31,32)/t20-/m1/s1. The predicted octanol–water partition coefficient (Wildman–Crippen LogP) is 4.76. The van der Waals surface area contributed by atoms with Crippen LogP contribution in [0.4, 0.5) is 23.0 Å². The van der Waals surface area contributed by atoms with Gasteiger partial charge in [-0.15, -0.1) is 0 Å². The van der Waals surface area contributed by atoms with E-state index < -0.39 is 0 Å². The van der Waals surface area contributed by atoms with Crippen molar-refractivity contribution < 1.29 is 9.53 Å². The minimum absolute atomic E-state index is 0.0595. The topological polar surface area (TPSA) is 73.0 Å². The van der Waals surface area contributed by atoms with Gasteiger partial charge in [0.25, 0.3) is 5.91 Å². The Kier molecular flexibility index (Phi) is 7.29. The van der Waals surface area contributed by atoms with Crippen LogP contribution in [0.15, 0.2) is 42.6 Å². The highest BCUT2D eigenvalue weighted by Gasteiger charge is 2.36. The molecule has 37 heavy (non-hydrogen) atoms. The van der Waals surface area contributed by atoms with Crippen LogP contribution in [0.2, 0.25) is 0 Å². The Bertz CT molecular complexity index is 1150. The molecule has 1 aromatic carbocycles. The highest BCUT2D eigenvalue weighted by Crippen LogP contribution is 2.42. The van der Waals surface area contributed by atoms with Crippen molar-refractivity contribution in [1.29, 1.82) is 0 Å². The molecule has 0 spiro atoms. The molecule has 0 bridgehead atoms. The van der Waals surface area contributed by atoms with E-state index in [0.29, 0.717) is 17.4 Å². The molecule has 1 aromatic heterocycles. The minimum Gasteiger partial charge on any atom is -0.495 e. The number of carbonyl (C=O) groups excluding carboxylic acids is 1. The Labute approximate surface area is 220 Å². The molecular weight excluding hydrogens is 464 g/mol. The molecule has 5 rings (SSSR count). The molecule has 198 valence electrons. The maximum atomic E-state index is 12.9. The molecular formula is C29H40N6O2. The Morgan fingerprint density at radius 3 is 2.51 bits per heavy atom. The van der Waals surface area contributed by atoms with E-state index in [1.54, 1.807) is 13.2 Å². The summed E-state index contributed by atoms with van der Waals surface area (Å²) in [7, 11) is 5.81. The Morgan fingerprint density at radius 1 is 1.08 bits per heavy atom. The van der Waals surface area contributed by atoms with E-state index in [0.717, 1.165) is 54.6 Å². The predicted molar refractivity (Wildman–Crippen MR) is 150 cm³/mol. The Morgan fingerprint density at radius 2 is 1.81 bits per heavy atom. The monoisotopic (exact) mass is 504 g/mol. The molecule has 2 aliphatic heterocycles. The van der Waals surface area contributed by atoms with Gasteiger partial charge in [0.15, 0.2) is 5.82 Å². The number of piperidine rings is 1. The van der Waals surface area contributed by atoms with Crippen LogP contribution in [-0.2, 0) is 0 Å². The highest BCUT2D eigenvalue weighted by molar-refractivity contribution is 5.95. The number of fused-ring (bicyclic) bond motifs is 1. The van der Waals surface area contributed by atoms with E-state index in [2.05, 4.69) is 59.0 Å². The van der Waals surface area contributed by atoms with Gasteiger partial charge >= 0.3 is 0 Å². The molecule has 8 heteroatoms. The van der Waals surface area contributed by atoms with Crippen molar-refractivity contribution in [3.8, 4) is 5.75 Å². The van der Waals surface area contributed by atoms with Gasteiger partial charge < -0.3 is 30.1 Å². The van der Waals surface area contributed by atoms with Gasteiger partial charge in [0, 0.05) is 30.4 Å². The zero-order valence-corrected chi connectivity index (χ0v) is 22.6. The zero-order chi connectivity index (χ0) is 26.1. The average molecular weight is 505 g/mol. The third-order valence-electron chi connectivity index (χ3n) is 8.29. The van der Waals surface area contributed by atoms with Gasteiger partial charge in [0.1, 0.15) is 11.6 Å². The summed E-state index contributed by atoms with van der Waals surface area (Å²) >= 11 is 0. The van der Waals surface area contributed by atoms with Crippen molar-refractivity contribution >= 4 is 28.9 Å². The summed E-state index contributed by atoms with van der Waals surface area (Å²) < 4.78 is 5.67. The molecule has 2 fully saturated rings. The van der Waals surface area contributed by atoms with E-state index in [1.165, 1.54) is 25.7 Å². The summed E-state index contributed by atoms with van der Waals surface area (Å²) in [4.78, 5) is 24.9. The number of anilines is 4. The van der Waals surface area contributed by atoms with E-state index in [9.17, 15) is 4.79 Å². The third kappa shape index (κ3) is 5.12. The smallest absolute Gasteiger partial charge is 0.251 e. The molecule has 1 saturated carbocycles. The van der Waals surface area contributed by atoms with Crippen LogP contribution in [0.1, 0.15) is 55.8 Å². The van der Waals surface area contributed by atoms with E-state index >= 15 is 0 Å². The molecule has 8 nitrogen and oxygen atoms in total. The van der Waals surface area contributed by atoms with Gasteiger partial charge in [0.2, 0.25) is 0 Å². The molecule has 1 amide bonds. The third-order valence-corrected chi connectivity index (χ3v) is 8.29. The molecule has 2 N–H and O–H groups in total. The van der Waals surface area contributed by atoms with Crippen molar-refractivity contribution in [3.63, 3.8) is 0 Å². The van der Waals surface area contributed by atoms with Crippen molar-refractivity contribution in [2.24, 2.45) is 0 Å². The summed E-state index contributed by atoms with van der Waals surface area (Å²) in [5, 5.41) is 6.62. The molecule has 0 unspecified atom stereocenters. The SMILES string of the molecule is C=C1[C@@H](C)N(C2CCCC2)c2nc(Nc3ccc(C(=O)NC4CCN(C)CC4)cc3OC)ccc2N1C. The number of methoxy groups -OCH3 is 1. The van der Waals surface area contributed by atoms with Crippen LogP contribution < -0.4 is 25.2 Å². The number of likely N-dealkylation sites (N-methyl/N-ethyl adjacent to an activating group) is 1. The van der Waals surface area contributed by atoms with Crippen molar-refractivity contribution in [2.45, 2.75) is 63.6 Å². The number of carbonyl (C=O) groups is 1. The second-order valence-corrected chi connectivity index (χ2v) is 10.7. The number of hydrogen-bond donors (Lipinski definition) is 2. The summed E-state index contributed by atoms with van der Waals surface area (Å²) in [5.41, 5.74) is 3.55. The first-order valence-corrected chi connectivity index (χ1v) is 13.5. The van der Waals surface area contributed by atoms with Crippen molar-refractivity contribution in [3.05, 3.63) is 48.2 Å². The maximum Gasteiger partial charge on any atom is 0.251 e. The number of aromatic nitrogens is 1. The molecule has 0 radical (unpaired) electrons. The molecule has 1 atom stereocenters. The Hall–Kier alpha value is -3.26. The summed E-state index contributed by atoms with van der Waals surface area (Å²) in [5.74, 6) is 2.29. The van der Waals surface area contributed by atoms with Gasteiger partial charge in [-0.3, -0.25) is 4.79 Å². The molecule has 1 saturated heterocycles. The molecule has 2 aromatic rings. The fraction of sp³-hybridized carbons (Fsp3) is 0.517. The Balaban J connectivity index is 1.36.